The Bertz CT molecular complexity index is 497. The van der Waals surface area contributed by atoms with Crippen molar-refractivity contribution in [3.8, 4) is 0 Å². The summed E-state index contributed by atoms with van der Waals surface area (Å²) >= 11 is 3.89. The van der Waals surface area contributed by atoms with Crippen LogP contribution in [0.3, 0.4) is 0 Å². The molecule has 0 N–H and O–H groups in total. The maximum absolute atomic E-state index is 2.33. The number of fused-ring (bicyclic) bond motifs is 2. The molecule has 0 radical (unpaired) electrons. The summed E-state index contributed by atoms with van der Waals surface area (Å²) in [5.74, 6) is 0. The molecule has 0 amide bonds. The van der Waals surface area contributed by atoms with Crippen molar-refractivity contribution in [3.05, 3.63) is 45.6 Å². The highest BCUT2D eigenvalue weighted by atomic mass is 32.2. The van der Waals surface area contributed by atoms with Crippen molar-refractivity contribution in [1.29, 1.82) is 0 Å². The molecule has 0 unspecified atom stereocenters. The van der Waals surface area contributed by atoms with E-state index in [1.165, 1.54) is 33.1 Å². The van der Waals surface area contributed by atoms with Gasteiger partial charge in [-0.05, 0) is 37.5 Å². The lowest BCUT2D eigenvalue weighted by molar-refractivity contribution is 0.949. The molecule has 1 aliphatic rings. The van der Waals surface area contributed by atoms with Gasteiger partial charge in [0, 0.05) is 19.5 Å². The highest BCUT2D eigenvalue weighted by Crippen LogP contribution is 2.40. The van der Waals surface area contributed by atoms with Crippen molar-refractivity contribution in [2.45, 2.75) is 29.6 Å². The summed E-state index contributed by atoms with van der Waals surface area (Å²) in [4.78, 5) is 5.91. The molecule has 2 aromatic rings. The number of aryl methyl sites for hydroxylation is 3. The van der Waals surface area contributed by atoms with Gasteiger partial charge in [0.2, 0.25) is 0 Å². The largest absolute Gasteiger partial charge is 0.144 e. The number of thiophene rings is 1. The SMILES string of the molecule is Cc1cc2c(s1)CCc1ccccc1S2. The molecule has 2 heterocycles. The third-order valence-corrected chi connectivity index (χ3v) is 5.15. The van der Waals surface area contributed by atoms with Crippen LogP contribution in [0.4, 0.5) is 0 Å². The third kappa shape index (κ3) is 1.72. The zero-order chi connectivity index (χ0) is 10.3. The molecule has 0 aliphatic carbocycles. The van der Waals surface area contributed by atoms with Gasteiger partial charge in [-0.2, -0.15) is 0 Å². The highest BCUT2D eigenvalue weighted by molar-refractivity contribution is 7.99. The van der Waals surface area contributed by atoms with E-state index in [1.54, 1.807) is 4.88 Å². The molecular weight excluding hydrogens is 220 g/mol. The predicted octanol–water partition coefficient (Wildman–Crippen LogP) is 4.31. The minimum absolute atomic E-state index is 1.19. The first kappa shape index (κ1) is 9.49. The fraction of sp³-hybridized carbons (Fsp3) is 0.231. The smallest absolute Gasteiger partial charge is 0.0264 e. The molecular formula is C13H12S2. The topological polar surface area (TPSA) is 0 Å². The van der Waals surface area contributed by atoms with E-state index in [2.05, 4.69) is 37.3 Å². The van der Waals surface area contributed by atoms with Gasteiger partial charge in [0.15, 0.2) is 0 Å². The fourth-order valence-corrected chi connectivity index (χ4v) is 4.37. The van der Waals surface area contributed by atoms with E-state index in [4.69, 9.17) is 0 Å². The summed E-state index contributed by atoms with van der Waals surface area (Å²) in [5, 5.41) is 0. The van der Waals surface area contributed by atoms with Gasteiger partial charge in [-0.15, -0.1) is 11.3 Å². The van der Waals surface area contributed by atoms with Gasteiger partial charge in [-0.3, -0.25) is 0 Å². The summed E-state index contributed by atoms with van der Waals surface area (Å²) in [6.45, 7) is 2.20. The second-order valence-corrected chi connectivity index (χ2v) is 6.28. The zero-order valence-corrected chi connectivity index (χ0v) is 10.3. The lowest BCUT2D eigenvalue weighted by Gasteiger charge is -2.02. The Morgan fingerprint density at radius 3 is 2.87 bits per heavy atom. The van der Waals surface area contributed by atoms with E-state index < -0.39 is 0 Å². The van der Waals surface area contributed by atoms with Crippen LogP contribution in [0.25, 0.3) is 0 Å². The van der Waals surface area contributed by atoms with E-state index in [0.717, 1.165) is 0 Å². The van der Waals surface area contributed by atoms with Gasteiger partial charge in [0.05, 0.1) is 0 Å². The predicted molar refractivity (Wildman–Crippen MR) is 67.0 cm³/mol. The summed E-state index contributed by atoms with van der Waals surface area (Å²) < 4.78 is 0. The molecule has 3 rings (SSSR count). The Hall–Kier alpha value is -0.730. The Morgan fingerprint density at radius 1 is 1.07 bits per heavy atom. The Morgan fingerprint density at radius 2 is 1.93 bits per heavy atom. The average molecular weight is 232 g/mol. The molecule has 0 saturated carbocycles. The maximum atomic E-state index is 2.33. The van der Waals surface area contributed by atoms with E-state index in [-0.39, 0.29) is 0 Å². The van der Waals surface area contributed by atoms with Crippen LogP contribution in [0.2, 0.25) is 0 Å². The molecule has 0 spiro atoms. The van der Waals surface area contributed by atoms with Crippen molar-refractivity contribution in [3.63, 3.8) is 0 Å². The standard InChI is InChI=1S/C13H12S2/c1-9-8-13-12(14-9)7-6-10-4-2-3-5-11(10)15-13/h2-5,8H,6-7H2,1H3. The minimum Gasteiger partial charge on any atom is -0.144 e. The molecule has 2 heteroatoms. The summed E-state index contributed by atoms with van der Waals surface area (Å²) in [5.41, 5.74) is 1.50. The molecule has 0 bridgehead atoms. The van der Waals surface area contributed by atoms with E-state index in [0.29, 0.717) is 0 Å². The van der Waals surface area contributed by atoms with Crippen molar-refractivity contribution in [2.75, 3.05) is 0 Å². The molecule has 1 aliphatic heterocycles. The van der Waals surface area contributed by atoms with E-state index >= 15 is 0 Å². The first-order valence-electron chi connectivity index (χ1n) is 5.18. The van der Waals surface area contributed by atoms with Crippen LogP contribution in [0.1, 0.15) is 15.3 Å². The average Bonchev–Trinajstić information content (AvgIpc) is 2.49. The molecule has 15 heavy (non-hydrogen) atoms. The number of benzene rings is 1. The monoisotopic (exact) mass is 232 g/mol. The molecule has 0 fully saturated rings. The van der Waals surface area contributed by atoms with Crippen LogP contribution in [0.15, 0.2) is 40.1 Å². The van der Waals surface area contributed by atoms with E-state index in [1.807, 2.05) is 23.1 Å². The summed E-state index contributed by atoms with van der Waals surface area (Å²) in [6.07, 6.45) is 2.40. The summed E-state index contributed by atoms with van der Waals surface area (Å²) in [7, 11) is 0. The second kappa shape index (κ2) is 3.69. The quantitative estimate of drug-likeness (QED) is 0.652. The van der Waals surface area contributed by atoms with Crippen molar-refractivity contribution >= 4 is 23.1 Å². The Balaban J connectivity index is 2.08. The molecule has 1 aromatic heterocycles. The maximum Gasteiger partial charge on any atom is 0.0264 e. The van der Waals surface area contributed by atoms with Gasteiger partial charge >= 0.3 is 0 Å². The molecule has 1 aromatic carbocycles. The number of hydrogen-bond donors (Lipinski definition) is 0. The Labute approximate surface area is 98.3 Å². The molecule has 76 valence electrons. The van der Waals surface area contributed by atoms with Crippen LogP contribution in [0.5, 0.6) is 0 Å². The molecule has 0 atom stereocenters. The summed E-state index contributed by atoms with van der Waals surface area (Å²) in [6, 6.07) is 11.1. The molecule has 0 nitrogen and oxygen atoms in total. The highest BCUT2D eigenvalue weighted by Gasteiger charge is 2.15. The van der Waals surface area contributed by atoms with Gasteiger partial charge in [-0.25, -0.2) is 0 Å². The van der Waals surface area contributed by atoms with Crippen molar-refractivity contribution in [2.24, 2.45) is 0 Å². The number of rotatable bonds is 0. The Kier molecular flexibility index (Phi) is 2.33. The van der Waals surface area contributed by atoms with Crippen LogP contribution in [0, 0.1) is 6.92 Å². The fourth-order valence-electron chi connectivity index (χ4n) is 1.98. The van der Waals surface area contributed by atoms with E-state index in [9.17, 15) is 0 Å². The minimum atomic E-state index is 1.19. The van der Waals surface area contributed by atoms with Gasteiger partial charge in [-0.1, -0.05) is 30.0 Å². The zero-order valence-electron chi connectivity index (χ0n) is 8.62. The first-order chi connectivity index (χ1) is 7.33. The second-order valence-electron chi connectivity index (χ2n) is 3.85. The molecule has 0 saturated heterocycles. The van der Waals surface area contributed by atoms with Gasteiger partial charge in [0.1, 0.15) is 0 Å². The van der Waals surface area contributed by atoms with Crippen molar-refractivity contribution < 1.29 is 0 Å². The third-order valence-electron chi connectivity index (χ3n) is 2.71. The lowest BCUT2D eigenvalue weighted by atomic mass is 10.1. The van der Waals surface area contributed by atoms with Gasteiger partial charge < -0.3 is 0 Å². The van der Waals surface area contributed by atoms with Crippen LogP contribution in [-0.4, -0.2) is 0 Å². The number of hydrogen-bond acceptors (Lipinski definition) is 2. The van der Waals surface area contributed by atoms with Crippen molar-refractivity contribution in [1.82, 2.24) is 0 Å². The van der Waals surface area contributed by atoms with Crippen LogP contribution >= 0.6 is 23.1 Å². The normalized spacial score (nSPS) is 14.2. The first-order valence-corrected chi connectivity index (χ1v) is 6.81. The van der Waals surface area contributed by atoms with Crippen LogP contribution < -0.4 is 0 Å². The van der Waals surface area contributed by atoms with Gasteiger partial charge in [0.25, 0.3) is 0 Å². The van der Waals surface area contributed by atoms with Crippen LogP contribution in [-0.2, 0) is 12.8 Å². The lowest BCUT2D eigenvalue weighted by Crippen LogP contribution is -1.87.